The Morgan fingerprint density at radius 1 is 0.947 bits per heavy atom. The quantitative estimate of drug-likeness (QED) is 0.526. The first-order valence-corrected chi connectivity index (χ1v) is 8.18. The minimum atomic E-state index is -0.496. The van der Waals surface area contributed by atoms with E-state index in [1.807, 2.05) is 13.8 Å². The summed E-state index contributed by atoms with van der Waals surface area (Å²) in [7, 11) is 0. The van der Waals surface area contributed by atoms with Gasteiger partial charge >= 0.3 is 0 Å². The van der Waals surface area contributed by atoms with Crippen LogP contribution in [-0.4, -0.2) is 36.1 Å². The van der Waals surface area contributed by atoms with Gasteiger partial charge in [-0.15, -0.1) is 11.6 Å². The van der Waals surface area contributed by atoms with Crippen molar-refractivity contribution in [2.24, 2.45) is 0 Å². The topological polar surface area (TPSA) is 27.7 Å². The minimum absolute atomic E-state index is 0.00754. The van der Waals surface area contributed by atoms with Gasteiger partial charge in [-0.1, -0.05) is 39.0 Å². The number of rotatable bonds is 7. The van der Waals surface area contributed by atoms with Gasteiger partial charge in [0.25, 0.3) is 0 Å². The van der Waals surface area contributed by atoms with E-state index in [1.54, 1.807) is 0 Å². The first kappa shape index (κ1) is 15.6. The van der Waals surface area contributed by atoms with Crippen molar-refractivity contribution in [1.82, 2.24) is 0 Å². The van der Waals surface area contributed by atoms with Gasteiger partial charge in [0.15, 0.2) is 5.79 Å². The van der Waals surface area contributed by atoms with Crippen LogP contribution in [0.4, 0.5) is 0 Å². The molecular formula is C15H27ClO3. The average molecular weight is 291 g/mol. The summed E-state index contributed by atoms with van der Waals surface area (Å²) < 4.78 is 17.9. The van der Waals surface area contributed by atoms with Gasteiger partial charge in [0.1, 0.15) is 18.3 Å². The standard InChI is InChI=1S/C15H27ClO3/c1-4-5-6-7-8-9-11-13-14(12(10-16)17-11)19-15(2,3)18-13/h11-14H,4-10H2,1-3H3/t11-,12+,13-,14+/m0/s1. The zero-order chi connectivity index (χ0) is 13.9. The molecule has 0 saturated carbocycles. The Balaban J connectivity index is 1.81. The third kappa shape index (κ3) is 3.84. The highest BCUT2D eigenvalue weighted by Crippen LogP contribution is 2.40. The summed E-state index contributed by atoms with van der Waals surface area (Å²) in [6.07, 6.45) is 7.66. The van der Waals surface area contributed by atoms with Gasteiger partial charge in [-0.2, -0.15) is 0 Å². The second-order valence-corrected chi connectivity index (χ2v) is 6.44. The molecule has 2 saturated heterocycles. The monoisotopic (exact) mass is 290 g/mol. The number of hydrogen-bond donors (Lipinski definition) is 0. The smallest absolute Gasteiger partial charge is 0.164 e. The van der Waals surface area contributed by atoms with Crippen LogP contribution in [0, 0.1) is 0 Å². The maximum atomic E-state index is 6.00. The van der Waals surface area contributed by atoms with Crippen molar-refractivity contribution in [3.63, 3.8) is 0 Å². The molecule has 3 nitrogen and oxygen atoms in total. The van der Waals surface area contributed by atoms with Crippen LogP contribution in [0.2, 0.25) is 0 Å². The van der Waals surface area contributed by atoms with Crippen molar-refractivity contribution in [3.05, 3.63) is 0 Å². The van der Waals surface area contributed by atoms with E-state index >= 15 is 0 Å². The Bertz CT molecular complexity index is 283. The number of halogens is 1. The van der Waals surface area contributed by atoms with Gasteiger partial charge in [0.2, 0.25) is 0 Å². The van der Waals surface area contributed by atoms with Gasteiger partial charge in [-0.25, -0.2) is 0 Å². The summed E-state index contributed by atoms with van der Waals surface area (Å²) in [5, 5.41) is 0. The molecule has 0 unspecified atom stereocenters. The molecule has 112 valence electrons. The zero-order valence-electron chi connectivity index (χ0n) is 12.4. The number of ether oxygens (including phenoxy) is 3. The van der Waals surface area contributed by atoms with Gasteiger partial charge in [0.05, 0.1) is 12.0 Å². The summed E-state index contributed by atoms with van der Waals surface area (Å²) in [5.74, 6) is -0.0170. The molecule has 0 aliphatic carbocycles. The molecule has 19 heavy (non-hydrogen) atoms. The second-order valence-electron chi connectivity index (χ2n) is 6.13. The summed E-state index contributed by atoms with van der Waals surface area (Å²) in [4.78, 5) is 0. The molecule has 0 spiro atoms. The SMILES string of the molecule is CCCCCCC[C@@H]1O[C@H](CCl)[C@H]2OC(C)(C)O[C@H]21. The van der Waals surface area contributed by atoms with Gasteiger partial charge in [-0.3, -0.25) is 0 Å². The molecular weight excluding hydrogens is 264 g/mol. The largest absolute Gasteiger partial charge is 0.368 e. The van der Waals surface area contributed by atoms with Crippen LogP contribution in [0.5, 0.6) is 0 Å². The number of hydrogen-bond acceptors (Lipinski definition) is 3. The molecule has 0 aromatic rings. The van der Waals surface area contributed by atoms with Gasteiger partial charge < -0.3 is 14.2 Å². The third-order valence-corrected chi connectivity index (χ3v) is 4.29. The molecule has 2 heterocycles. The van der Waals surface area contributed by atoms with E-state index in [2.05, 4.69) is 6.92 Å². The second kappa shape index (κ2) is 6.75. The molecule has 0 radical (unpaired) electrons. The molecule has 0 N–H and O–H groups in total. The summed E-state index contributed by atoms with van der Waals surface area (Å²) in [5.41, 5.74) is 0. The lowest BCUT2D eigenvalue weighted by molar-refractivity contribution is -0.185. The van der Waals surface area contributed by atoms with E-state index in [9.17, 15) is 0 Å². The number of fused-ring (bicyclic) bond motifs is 1. The lowest BCUT2D eigenvalue weighted by Crippen LogP contribution is -2.30. The van der Waals surface area contributed by atoms with Crippen molar-refractivity contribution in [1.29, 1.82) is 0 Å². The van der Waals surface area contributed by atoms with Crippen molar-refractivity contribution < 1.29 is 14.2 Å². The molecule has 2 aliphatic rings. The fourth-order valence-electron chi connectivity index (χ4n) is 3.08. The molecule has 0 bridgehead atoms. The molecule has 2 aliphatic heterocycles. The fraction of sp³-hybridized carbons (Fsp3) is 1.00. The lowest BCUT2D eigenvalue weighted by Gasteiger charge is -2.23. The van der Waals surface area contributed by atoms with E-state index in [4.69, 9.17) is 25.8 Å². The van der Waals surface area contributed by atoms with Crippen molar-refractivity contribution >= 4 is 11.6 Å². The van der Waals surface area contributed by atoms with E-state index in [1.165, 1.54) is 32.1 Å². The maximum Gasteiger partial charge on any atom is 0.164 e. The van der Waals surface area contributed by atoms with E-state index in [-0.39, 0.29) is 24.4 Å². The third-order valence-electron chi connectivity index (χ3n) is 3.99. The van der Waals surface area contributed by atoms with E-state index < -0.39 is 5.79 Å². The Morgan fingerprint density at radius 2 is 1.58 bits per heavy atom. The van der Waals surface area contributed by atoms with E-state index in [0.29, 0.717) is 5.88 Å². The first-order valence-electron chi connectivity index (χ1n) is 7.64. The van der Waals surface area contributed by atoms with Crippen LogP contribution < -0.4 is 0 Å². The Morgan fingerprint density at radius 3 is 2.21 bits per heavy atom. The molecule has 0 amide bonds. The van der Waals surface area contributed by atoms with Crippen LogP contribution in [0.15, 0.2) is 0 Å². The average Bonchev–Trinajstić information content (AvgIpc) is 2.83. The Hall–Kier alpha value is 0.170. The van der Waals surface area contributed by atoms with Crippen molar-refractivity contribution in [2.45, 2.75) is 89.5 Å². The minimum Gasteiger partial charge on any atom is -0.368 e. The molecule has 2 fully saturated rings. The summed E-state index contributed by atoms with van der Waals surface area (Å²) in [6.45, 7) is 6.17. The molecule has 4 heteroatoms. The fourth-order valence-corrected chi connectivity index (χ4v) is 3.33. The highest BCUT2D eigenvalue weighted by molar-refractivity contribution is 6.18. The highest BCUT2D eigenvalue weighted by atomic mass is 35.5. The van der Waals surface area contributed by atoms with Crippen LogP contribution in [0.3, 0.4) is 0 Å². The highest BCUT2D eigenvalue weighted by Gasteiger charge is 2.54. The summed E-state index contributed by atoms with van der Waals surface area (Å²) >= 11 is 5.97. The van der Waals surface area contributed by atoms with Gasteiger partial charge in [-0.05, 0) is 20.3 Å². The molecule has 0 aromatic carbocycles. The predicted molar refractivity (Wildman–Crippen MR) is 76.6 cm³/mol. The number of unbranched alkanes of at least 4 members (excludes halogenated alkanes) is 4. The van der Waals surface area contributed by atoms with Crippen molar-refractivity contribution in [3.8, 4) is 0 Å². The first-order chi connectivity index (χ1) is 9.07. The van der Waals surface area contributed by atoms with Crippen LogP contribution in [0.25, 0.3) is 0 Å². The molecule has 4 atom stereocenters. The van der Waals surface area contributed by atoms with Crippen molar-refractivity contribution in [2.75, 3.05) is 5.88 Å². The lowest BCUT2D eigenvalue weighted by atomic mass is 10.0. The molecule has 0 aromatic heterocycles. The number of alkyl halides is 1. The predicted octanol–water partition coefficient (Wildman–Crippen LogP) is 3.87. The van der Waals surface area contributed by atoms with Gasteiger partial charge in [0, 0.05) is 0 Å². The Labute approximate surface area is 121 Å². The van der Waals surface area contributed by atoms with E-state index in [0.717, 1.165) is 6.42 Å². The maximum absolute atomic E-state index is 6.00. The Kier molecular flexibility index (Phi) is 5.53. The van der Waals surface area contributed by atoms with Crippen LogP contribution in [-0.2, 0) is 14.2 Å². The van der Waals surface area contributed by atoms with Crippen LogP contribution in [0.1, 0.15) is 59.3 Å². The normalized spacial score (nSPS) is 36.6. The van der Waals surface area contributed by atoms with Crippen LogP contribution >= 0.6 is 11.6 Å². The molecule has 2 rings (SSSR count). The zero-order valence-corrected chi connectivity index (χ0v) is 13.1. The summed E-state index contributed by atoms with van der Waals surface area (Å²) in [6, 6.07) is 0.